The molecule has 2 heterocycles. The number of fused-ring (bicyclic) bond motifs is 1. The number of nitrogens with zero attached hydrogens (tertiary/aromatic N) is 2. The van der Waals surface area contributed by atoms with Crippen LogP contribution in [-0.2, 0) is 6.42 Å². The molecule has 146 valence electrons. The van der Waals surface area contributed by atoms with Crippen LogP contribution < -0.4 is 15.2 Å². The van der Waals surface area contributed by atoms with Crippen molar-refractivity contribution in [3.63, 3.8) is 0 Å². The number of aryl methyl sites for hydroxylation is 1. The second kappa shape index (κ2) is 7.36. The van der Waals surface area contributed by atoms with E-state index in [4.69, 9.17) is 15.2 Å². The van der Waals surface area contributed by atoms with E-state index in [9.17, 15) is 5.26 Å². The first-order valence-corrected chi connectivity index (χ1v) is 9.37. The molecule has 0 bridgehead atoms. The molecule has 6 heteroatoms. The summed E-state index contributed by atoms with van der Waals surface area (Å²) in [6.45, 7) is 4.04. The Balaban J connectivity index is 1.89. The van der Waals surface area contributed by atoms with Crippen molar-refractivity contribution >= 4 is 0 Å². The van der Waals surface area contributed by atoms with Crippen LogP contribution in [0.5, 0.6) is 11.6 Å². The number of nitrogens with one attached hydrogen (secondary N) is 1. The third-order valence-corrected chi connectivity index (χ3v) is 5.43. The van der Waals surface area contributed by atoms with Crippen molar-refractivity contribution in [2.24, 2.45) is 5.73 Å². The second-order valence-corrected chi connectivity index (χ2v) is 7.17. The van der Waals surface area contributed by atoms with E-state index in [-0.39, 0.29) is 11.8 Å². The van der Waals surface area contributed by atoms with Gasteiger partial charge < -0.3 is 15.2 Å². The number of H-pyrrole nitrogens is 1. The monoisotopic (exact) mass is 386 g/mol. The number of methoxy groups -OCH3 is 1. The molecule has 3 N–H and O–H groups in total. The molecule has 1 aromatic heterocycles. The molecule has 0 saturated carbocycles. The second-order valence-electron chi connectivity index (χ2n) is 7.17. The van der Waals surface area contributed by atoms with Gasteiger partial charge in [0.15, 0.2) is 0 Å². The van der Waals surface area contributed by atoms with E-state index in [2.05, 4.69) is 22.3 Å². The quantitative estimate of drug-likeness (QED) is 0.710. The number of rotatable bonds is 4. The van der Waals surface area contributed by atoms with Crippen molar-refractivity contribution in [2.45, 2.75) is 26.2 Å². The lowest BCUT2D eigenvalue weighted by atomic mass is 9.82. The minimum Gasteiger partial charge on any atom is -0.496 e. The van der Waals surface area contributed by atoms with Crippen molar-refractivity contribution in [1.29, 1.82) is 5.26 Å². The number of aromatic nitrogens is 2. The van der Waals surface area contributed by atoms with Crippen LogP contribution in [0.3, 0.4) is 0 Å². The predicted octanol–water partition coefficient (Wildman–Crippen LogP) is 3.84. The number of aromatic amines is 1. The van der Waals surface area contributed by atoms with Crippen LogP contribution in [0, 0.1) is 25.2 Å². The topological polar surface area (TPSA) is 97.0 Å². The van der Waals surface area contributed by atoms with E-state index in [0.29, 0.717) is 17.9 Å². The van der Waals surface area contributed by atoms with Gasteiger partial charge in [-0.05, 0) is 42.2 Å². The molecule has 1 unspecified atom stereocenters. The van der Waals surface area contributed by atoms with Crippen LogP contribution in [0.1, 0.15) is 39.4 Å². The minimum atomic E-state index is -0.380. The Hall–Kier alpha value is -3.72. The molecular formula is C23H22N4O2. The normalized spacial score (nSPS) is 15.4. The summed E-state index contributed by atoms with van der Waals surface area (Å²) in [4.78, 5) is 0. The molecule has 2 aromatic carbocycles. The first-order chi connectivity index (χ1) is 14.0. The first kappa shape index (κ1) is 18.6. The minimum absolute atomic E-state index is 0.0945. The fraction of sp³-hybridized carbons (Fsp3) is 0.217. The van der Waals surface area contributed by atoms with E-state index in [1.807, 2.05) is 50.2 Å². The molecule has 3 aromatic rings. The van der Waals surface area contributed by atoms with Gasteiger partial charge in [0.05, 0.1) is 24.3 Å². The Bertz CT molecular complexity index is 1140. The fourth-order valence-corrected chi connectivity index (χ4v) is 3.81. The van der Waals surface area contributed by atoms with Crippen molar-refractivity contribution in [3.05, 3.63) is 87.4 Å². The maximum Gasteiger partial charge on any atom is 0.221 e. The molecule has 0 spiro atoms. The summed E-state index contributed by atoms with van der Waals surface area (Å²) in [5, 5.41) is 17.3. The maximum absolute atomic E-state index is 9.86. The number of hydrogen-bond acceptors (Lipinski definition) is 5. The number of ether oxygens (including phenoxy) is 2. The summed E-state index contributed by atoms with van der Waals surface area (Å²) >= 11 is 0. The average Bonchev–Trinajstić information content (AvgIpc) is 3.11. The molecule has 0 saturated heterocycles. The molecular weight excluding hydrogens is 364 g/mol. The van der Waals surface area contributed by atoms with Gasteiger partial charge >= 0.3 is 0 Å². The van der Waals surface area contributed by atoms with E-state index in [1.54, 1.807) is 7.11 Å². The van der Waals surface area contributed by atoms with Gasteiger partial charge in [-0.25, -0.2) is 5.10 Å². The highest BCUT2D eigenvalue weighted by atomic mass is 16.5. The Labute approximate surface area is 169 Å². The lowest BCUT2D eigenvalue weighted by Crippen LogP contribution is -2.21. The van der Waals surface area contributed by atoms with Crippen molar-refractivity contribution in [1.82, 2.24) is 10.2 Å². The molecule has 4 rings (SSSR count). The van der Waals surface area contributed by atoms with Crippen molar-refractivity contribution < 1.29 is 9.47 Å². The van der Waals surface area contributed by atoms with Gasteiger partial charge in [0.2, 0.25) is 11.8 Å². The number of hydrogen-bond donors (Lipinski definition) is 2. The van der Waals surface area contributed by atoms with Crippen LogP contribution in [-0.4, -0.2) is 17.3 Å². The summed E-state index contributed by atoms with van der Waals surface area (Å²) in [6.07, 6.45) is 0.618. The molecule has 1 aliphatic heterocycles. The molecule has 29 heavy (non-hydrogen) atoms. The predicted molar refractivity (Wildman–Crippen MR) is 110 cm³/mol. The summed E-state index contributed by atoms with van der Waals surface area (Å²) in [5.41, 5.74) is 12.3. The third-order valence-electron chi connectivity index (χ3n) is 5.43. The van der Waals surface area contributed by atoms with Gasteiger partial charge in [-0.3, -0.25) is 0 Å². The number of nitrogens with two attached hydrogens (primary N) is 1. The van der Waals surface area contributed by atoms with Crippen molar-refractivity contribution in [3.8, 4) is 17.7 Å². The van der Waals surface area contributed by atoms with Gasteiger partial charge in [-0.15, -0.1) is 0 Å². The number of benzene rings is 2. The van der Waals surface area contributed by atoms with Crippen LogP contribution in [0.15, 0.2) is 53.9 Å². The Morgan fingerprint density at radius 3 is 2.69 bits per heavy atom. The Morgan fingerprint density at radius 1 is 1.24 bits per heavy atom. The number of allylic oxidation sites excluding steroid dienone is 1. The molecule has 0 radical (unpaired) electrons. The zero-order valence-electron chi connectivity index (χ0n) is 16.6. The van der Waals surface area contributed by atoms with Crippen molar-refractivity contribution in [2.75, 3.05) is 7.11 Å². The summed E-state index contributed by atoms with van der Waals surface area (Å²) in [7, 11) is 1.65. The highest BCUT2D eigenvalue weighted by molar-refractivity contribution is 5.58. The molecule has 1 atom stereocenters. The van der Waals surface area contributed by atoms with Crippen LogP contribution in [0.2, 0.25) is 0 Å². The van der Waals surface area contributed by atoms with Gasteiger partial charge in [0.1, 0.15) is 17.4 Å². The molecule has 0 amide bonds. The largest absolute Gasteiger partial charge is 0.496 e. The van der Waals surface area contributed by atoms with E-state index < -0.39 is 0 Å². The summed E-state index contributed by atoms with van der Waals surface area (Å²) < 4.78 is 11.3. The smallest absolute Gasteiger partial charge is 0.221 e. The van der Waals surface area contributed by atoms with Gasteiger partial charge in [-0.1, -0.05) is 36.4 Å². The zero-order valence-corrected chi connectivity index (χ0v) is 16.6. The highest BCUT2D eigenvalue weighted by Gasteiger charge is 2.35. The maximum atomic E-state index is 9.86. The Morgan fingerprint density at radius 2 is 2.00 bits per heavy atom. The van der Waals surface area contributed by atoms with Gasteiger partial charge in [-0.2, -0.15) is 10.4 Å². The lowest BCUT2D eigenvalue weighted by Gasteiger charge is -2.25. The third kappa shape index (κ3) is 3.21. The SMILES string of the molecule is COc1cc(C2C(C#N)=C(N)Oc3[nH]nc(Cc4ccccc4)c32)cc(C)c1C. The van der Waals surface area contributed by atoms with E-state index >= 15 is 0 Å². The number of nitriles is 1. The summed E-state index contributed by atoms with van der Waals surface area (Å²) in [6, 6.07) is 16.3. The molecule has 0 aliphatic carbocycles. The molecule has 0 fully saturated rings. The van der Waals surface area contributed by atoms with Crippen LogP contribution in [0.25, 0.3) is 0 Å². The summed E-state index contributed by atoms with van der Waals surface area (Å²) in [5.74, 6) is 0.971. The lowest BCUT2D eigenvalue weighted by molar-refractivity contribution is 0.378. The highest BCUT2D eigenvalue weighted by Crippen LogP contribution is 2.44. The van der Waals surface area contributed by atoms with Crippen LogP contribution >= 0.6 is 0 Å². The fourth-order valence-electron chi connectivity index (χ4n) is 3.81. The first-order valence-electron chi connectivity index (χ1n) is 9.37. The van der Waals surface area contributed by atoms with E-state index in [0.717, 1.165) is 39.3 Å². The van der Waals surface area contributed by atoms with E-state index in [1.165, 1.54) is 0 Å². The van der Waals surface area contributed by atoms with Crippen LogP contribution in [0.4, 0.5) is 0 Å². The molecule has 6 nitrogen and oxygen atoms in total. The zero-order chi connectivity index (χ0) is 20.5. The average molecular weight is 386 g/mol. The standard InChI is InChI=1S/C23H22N4O2/c1-13-9-16(11-19(28-3)14(13)2)20-17(12-24)22(25)29-23-21(20)18(26-27-23)10-15-7-5-4-6-8-15/h4-9,11,20H,10,25H2,1-3H3,(H,26,27). The van der Waals surface area contributed by atoms with Gasteiger partial charge in [0.25, 0.3) is 0 Å². The molecule has 1 aliphatic rings. The Kier molecular flexibility index (Phi) is 4.73. The van der Waals surface area contributed by atoms with Gasteiger partial charge in [0, 0.05) is 6.42 Å².